The van der Waals surface area contributed by atoms with Crippen LogP contribution in [0.4, 0.5) is 0 Å². The Morgan fingerprint density at radius 3 is 2.65 bits per heavy atom. The van der Waals surface area contributed by atoms with Crippen LogP contribution in [0.2, 0.25) is 0 Å². The zero-order valence-corrected chi connectivity index (χ0v) is 18.6. The van der Waals surface area contributed by atoms with Gasteiger partial charge in [0, 0.05) is 11.6 Å². The van der Waals surface area contributed by atoms with Crippen molar-refractivity contribution in [3.63, 3.8) is 0 Å². The van der Waals surface area contributed by atoms with E-state index in [2.05, 4.69) is 15.5 Å². The lowest BCUT2D eigenvalue weighted by Gasteiger charge is -2.20. The van der Waals surface area contributed by atoms with Crippen LogP contribution in [0, 0.1) is 0 Å². The summed E-state index contributed by atoms with van der Waals surface area (Å²) < 4.78 is 8.64. The fourth-order valence-corrected chi connectivity index (χ4v) is 4.08. The highest BCUT2D eigenvalue weighted by atomic mass is 32.2. The SMILES string of the molecule is COc1cccc(-n2c(=O)c3ccccc3n3c(SCC(=O)NC(C)(C)C)nnc23)c1. The lowest BCUT2D eigenvalue weighted by atomic mass is 10.1. The van der Waals surface area contributed by atoms with Crippen LogP contribution in [0.5, 0.6) is 5.75 Å². The Morgan fingerprint density at radius 2 is 1.90 bits per heavy atom. The molecule has 0 fully saturated rings. The number of methoxy groups -OCH3 is 1. The largest absolute Gasteiger partial charge is 0.497 e. The Bertz CT molecular complexity index is 1340. The van der Waals surface area contributed by atoms with Gasteiger partial charge >= 0.3 is 0 Å². The van der Waals surface area contributed by atoms with Gasteiger partial charge in [-0.25, -0.2) is 4.57 Å². The van der Waals surface area contributed by atoms with E-state index in [-0.39, 0.29) is 22.8 Å². The van der Waals surface area contributed by atoms with Crippen molar-refractivity contribution >= 4 is 34.3 Å². The molecule has 0 bridgehead atoms. The van der Waals surface area contributed by atoms with E-state index in [0.717, 1.165) is 0 Å². The quantitative estimate of drug-likeness (QED) is 0.483. The number of thioether (sulfide) groups is 1. The highest BCUT2D eigenvalue weighted by Gasteiger charge is 2.20. The smallest absolute Gasteiger partial charge is 0.267 e. The Labute approximate surface area is 183 Å². The first-order valence-electron chi connectivity index (χ1n) is 9.75. The molecule has 2 heterocycles. The molecule has 0 radical (unpaired) electrons. The molecule has 8 nitrogen and oxygen atoms in total. The van der Waals surface area contributed by atoms with Gasteiger partial charge in [-0.2, -0.15) is 0 Å². The molecule has 0 aliphatic heterocycles. The lowest BCUT2D eigenvalue weighted by Crippen LogP contribution is -2.41. The summed E-state index contributed by atoms with van der Waals surface area (Å²) in [5, 5.41) is 12.6. The molecule has 0 atom stereocenters. The van der Waals surface area contributed by atoms with Gasteiger partial charge in [-0.15, -0.1) is 10.2 Å². The van der Waals surface area contributed by atoms with Crippen molar-refractivity contribution in [3.05, 3.63) is 58.9 Å². The summed E-state index contributed by atoms with van der Waals surface area (Å²) in [5.74, 6) is 1.09. The van der Waals surface area contributed by atoms with Crippen molar-refractivity contribution in [1.82, 2.24) is 24.5 Å². The number of para-hydroxylation sites is 1. The maximum absolute atomic E-state index is 13.3. The zero-order valence-electron chi connectivity index (χ0n) is 17.7. The minimum Gasteiger partial charge on any atom is -0.497 e. The van der Waals surface area contributed by atoms with Gasteiger partial charge in [0.05, 0.1) is 29.5 Å². The molecule has 1 amide bonds. The minimum atomic E-state index is -0.315. The number of amides is 1. The third-order valence-electron chi connectivity index (χ3n) is 4.55. The van der Waals surface area contributed by atoms with E-state index >= 15 is 0 Å². The van der Waals surface area contributed by atoms with Crippen molar-refractivity contribution in [1.29, 1.82) is 0 Å². The Kier molecular flexibility index (Phi) is 5.45. The van der Waals surface area contributed by atoms with Crippen LogP contribution >= 0.6 is 11.8 Å². The van der Waals surface area contributed by atoms with E-state index in [1.807, 2.05) is 61.6 Å². The molecule has 9 heteroatoms. The second-order valence-corrected chi connectivity index (χ2v) is 9.01. The minimum absolute atomic E-state index is 0.0975. The van der Waals surface area contributed by atoms with E-state index in [1.165, 1.54) is 16.3 Å². The van der Waals surface area contributed by atoms with E-state index in [4.69, 9.17) is 4.74 Å². The van der Waals surface area contributed by atoms with Crippen molar-refractivity contribution in [2.75, 3.05) is 12.9 Å². The Hall–Kier alpha value is -3.33. The predicted molar refractivity (Wildman–Crippen MR) is 121 cm³/mol. The number of nitrogens with one attached hydrogen (secondary N) is 1. The summed E-state index contributed by atoms with van der Waals surface area (Å²) >= 11 is 1.27. The molecule has 4 rings (SSSR count). The first-order valence-corrected chi connectivity index (χ1v) is 10.7. The second-order valence-electron chi connectivity index (χ2n) is 8.06. The van der Waals surface area contributed by atoms with Crippen LogP contribution < -0.4 is 15.6 Å². The number of fused-ring (bicyclic) bond motifs is 3. The van der Waals surface area contributed by atoms with E-state index < -0.39 is 0 Å². The van der Waals surface area contributed by atoms with Crippen molar-refractivity contribution in [2.24, 2.45) is 0 Å². The number of aromatic nitrogens is 4. The highest BCUT2D eigenvalue weighted by Crippen LogP contribution is 2.24. The molecule has 0 saturated heterocycles. The van der Waals surface area contributed by atoms with Gasteiger partial charge in [0.2, 0.25) is 11.7 Å². The predicted octanol–water partition coefficient (Wildman–Crippen LogP) is 3.05. The standard InChI is InChI=1S/C22H23N5O3S/c1-22(2,3)23-18(28)13-31-21-25-24-20-26(14-8-7-9-15(12-14)30-4)19(29)16-10-5-6-11-17(16)27(20)21/h5-12H,13H2,1-4H3,(H,23,28). The summed E-state index contributed by atoms with van der Waals surface area (Å²) in [6, 6.07) is 14.5. The maximum atomic E-state index is 13.3. The first kappa shape index (κ1) is 20.9. The van der Waals surface area contributed by atoms with Crippen LogP contribution in [0.15, 0.2) is 58.5 Å². The van der Waals surface area contributed by atoms with Crippen LogP contribution in [-0.4, -0.2) is 43.5 Å². The highest BCUT2D eigenvalue weighted by molar-refractivity contribution is 7.99. The van der Waals surface area contributed by atoms with Crippen LogP contribution in [0.1, 0.15) is 20.8 Å². The fraction of sp³-hybridized carbons (Fsp3) is 0.273. The third kappa shape index (κ3) is 4.13. The number of hydrogen-bond acceptors (Lipinski definition) is 6. The number of nitrogens with zero attached hydrogens (tertiary/aromatic N) is 4. The van der Waals surface area contributed by atoms with E-state index in [0.29, 0.717) is 33.3 Å². The van der Waals surface area contributed by atoms with Gasteiger partial charge in [-0.1, -0.05) is 30.0 Å². The number of rotatable bonds is 5. The monoisotopic (exact) mass is 437 g/mol. The Morgan fingerprint density at radius 1 is 1.13 bits per heavy atom. The molecule has 0 aliphatic rings. The average Bonchev–Trinajstić information content (AvgIpc) is 3.15. The summed E-state index contributed by atoms with van der Waals surface area (Å²) in [4.78, 5) is 25.7. The molecular formula is C22H23N5O3S. The van der Waals surface area contributed by atoms with Crippen molar-refractivity contribution in [2.45, 2.75) is 31.5 Å². The number of carbonyl (C=O) groups is 1. The molecule has 0 aliphatic carbocycles. The van der Waals surface area contributed by atoms with Crippen LogP contribution in [0.25, 0.3) is 22.4 Å². The van der Waals surface area contributed by atoms with Gasteiger partial charge in [0.25, 0.3) is 5.56 Å². The van der Waals surface area contributed by atoms with Crippen LogP contribution in [0.3, 0.4) is 0 Å². The molecule has 2 aromatic carbocycles. The van der Waals surface area contributed by atoms with Crippen LogP contribution in [-0.2, 0) is 4.79 Å². The first-order chi connectivity index (χ1) is 14.8. The number of hydrogen-bond donors (Lipinski definition) is 1. The summed E-state index contributed by atoms with van der Waals surface area (Å²) in [5.41, 5.74) is 0.787. The number of benzene rings is 2. The zero-order chi connectivity index (χ0) is 22.2. The summed E-state index contributed by atoms with van der Waals surface area (Å²) in [6.07, 6.45) is 0. The third-order valence-corrected chi connectivity index (χ3v) is 5.48. The molecular weight excluding hydrogens is 414 g/mol. The van der Waals surface area contributed by atoms with E-state index in [1.54, 1.807) is 19.2 Å². The lowest BCUT2D eigenvalue weighted by molar-refractivity contribution is -0.119. The van der Waals surface area contributed by atoms with Gasteiger partial charge in [0.1, 0.15) is 5.75 Å². The van der Waals surface area contributed by atoms with Gasteiger partial charge in [-0.05, 0) is 45.0 Å². The van der Waals surface area contributed by atoms with Gasteiger partial charge in [-0.3, -0.25) is 14.0 Å². The molecule has 160 valence electrons. The Balaban J connectivity index is 1.87. The molecule has 0 saturated carbocycles. The van der Waals surface area contributed by atoms with Crippen molar-refractivity contribution < 1.29 is 9.53 Å². The molecule has 4 aromatic rings. The van der Waals surface area contributed by atoms with Gasteiger partial charge < -0.3 is 10.1 Å². The molecule has 0 unspecified atom stereocenters. The molecule has 0 spiro atoms. The number of carbonyl (C=O) groups excluding carboxylic acids is 1. The number of ether oxygens (including phenoxy) is 1. The van der Waals surface area contributed by atoms with E-state index in [9.17, 15) is 9.59 Å². The summed E-state index contributed by atoms with van der Waals surface area (Å²) in [6.45, 7) is 5.80. The maximum Gasteiger partial charge on any atom is 0.267 e. The normalized spacial score (nSPS) is 11.7. The fourth-order valence-electron chi connectivity index (χ4n) is 3.34. The topological polar surface area (TPSA) is 90.5 Å². The average molecular weight is 438 g/mol. The van der Waals surface area contributed by atoms with Crippen molar-refractivity contribution in [3.8, 4) is 11.4 Å². The second kappa shape index (κ2) is 8.07. The molecule has 31 heavy (non-hydrogen) atoms. The van der Waals surface area contributed by atoms with Gasteiger partial charge in [0.15, 0.2) is 5.16 Å². The molecule has 2 aromatic heterocycles. The molecule has 1 N–H and O–H groups in total. The summed E-state index contributed by atoms with van der Waals surface area (Å²) in [7, 11) is 1.58.